The summed E-state index contributed by atoms with van der Waals surface area (Å²) in [7, 11) is 0. The summed E-state index contributed by atoms with van der Waals surface area (Å²) in [4.78, 5) is 28.1. The van der Waals surface area contributed by atoms with Gasteiger partial charge in [-0.25, -0.2) is 9.59 Å². The van der Waals surface area contributed by atoms with Gasteiger partial charge in [-0.3, -0.25) is 4.98 Å². The Bertz CT molecular complexity index is 765. The first-order valence-electron chi connectivity index (χ1n) is 7.49. The SMILES string of the molecule is CCOC(=O)/C=C/c1nc(C)c(C(=O)OCC)c2ccccc12. The highest BCUT2D eigenvalue weighted by Crippen LogP contribution is 2.25. The first-order valence-corrected chi connectivity index (χ1v) is 7.49. The third-order valence-electron chi connectivity index (χ3n) is 3.27. The average molecular weight is 313 g/mol. The largest absolute Gasteiger partial charge is 0.463 e. The smallest absolute Gasteiger partial charge is 0.340 e. The maximum atomic E-state index is 12.2. The Labute approximate surface area is 134 Å². The zero-order valence-corrected chi connectivity index (χ0v) is 13.5. The molecular formula is C18H19NO4. The van der Waals surface area contributed by atoms with E-state index in [1.165, 1.54) is 6.08 Å². The summed E-state index contributed by atoms with van der Waals surface area (Å²) in [6.45, 7) is 5.88. The molecule has 0 spiro atoms. The number of aryl methyl sites for hydroxylation is 1. The normalized spacial score (nSPS) is 10.9. The highest BCUT2D eigenvalue weighted by molar-refractivity contribution is 6.07. The van der Waals surface area contributed by atoms with Crippen LogP contribution in [-0.4, -0.2) is 30.1 Å². The number of rotatable bonds is 5. The van der Waals surface area contributed by atoms with Crippen LogP contribution in [0.4, 0.5) is 0 Å². The van der Waals surface area contributed by atoms with Crippen LogP contribution in [0.25, 0.3) is 16.8 Å². The molecule has 0 saturated heterocycles. The molecule has 0 radical (unpaired) electrons. The summed E-state index contributed by atoms with van der Waals surface area (Å²) in [5, 5.41) is 1.53. The molecule has 2 rings (SSSR count). The van der Waals surface area contributed by atoms with Crippen LogP contribution in [0.3, 0.4) is 0 Å². The van der Waals surface area contributed by atoms with E-state index in [1.807, 2.05) is 24.3 Å². The van der Waals surface area contributed by atoms with Crippen molar-refractivity contribution in [1.29, 1.82) is 0 Å². The summed E-state index contributed by atoms with van der Waals surface area (Å²) in [5.41, 5.74) is 1.63. The van der Waals surface area contributed by atoms with Crippen molar-refractivity contribution in [2.45, 2.75) is 20.8 Å². The number of ether oxygens (including phenoxy) is 2. The molecule has 0 amide bonds. The molecule has 1 aromatic heterocycles. The van der Waals surface area contributed by atoms with Gasteiger partial charge in [0.1, 0.15) is 0 Å². The van der Waals surface area contributed by atoms with Gasteiger partial charge < -0.3 is 9.47 Å². The van der Waals surface area contributed by atoms with Gasteiger partial charge in [0.2, 0.25) is 0 Å². The number of benzene rings is 1. The third-order valence-corrected chi connectivity index (χ3v) is 3.27. The molecule has 0 fully saturated rings. The number of hydrogen-bond donors (Lipinski definition) is 0. The lowest BCUT2D eigenvalue weighted by Crippen LogP contribution is -2.09. The minimum Gasteiger partial charge on any atom is -0.463 e. The summed E-state index contributed by atoms with van der Waals surface area (Å²) < 4.78 is 9.99. The molecule has 120 valence electrons. The van der Waals surface area contributed by atoms with Crippen LogP contribution in [0.2, 0.25) is 0 Å². The Hall–Kier alpha value is -2.69. The average Bonchev–Trinajstić information content (AvgIpc) is 2.53. The van der Waals surface area contributed by atoms with Gasteiger partial charge in [-0.15, -0.1) is 0 Å². The number of carbonyl (C=O) groups excluding carboxylic acids is 2. The van der Waals surface area contributed by atoms with E-state index in [1.54, 1.807) is 26.8 Å². The summed E-state index contributed by atoms with van der Waals surface area (Å²) in [6, 6.07) is 7.41. The van der Waals surface area contributed by atoms with E-state index in [9.17, 15) is 9.59 Å². The molecule has 0 aliphatic heterocycles. The fraction of sp³-hybridized carbons (Fsp3) is 0.278. The van der Waals surface area contributed by atoms with Crippen LogP contribution in [0.1, 0.15) is 35.6 Å². The Morgan fingerprint density at radius 3 is 2.39 bits per heavy atom. The first kappa shape index (κ1) is 16.7. The van der Waals surface area contributed by atoms with Crippen molar-refractivity contribution in [1.82, 2.24) is 4.98 Å². The monoisotopic (exact) mass is 313 g/mol. The Kier molecular flexibility index (Phi) is 5.46. The van der Waals surface area contributed by atoms with Gasteiger partial charge in [0, 0.05) is 16.8 Å². The van der Waals surface area contributed by atoms with Gasteiger partial charge in [0.25, 0.3) is 0 Å². The van der Waals surface area contributed by atoms with Gasteiger partial charge in [0.05, 0.1) is 30.2 Å². The molecule has 0 aliphatic rings. The van der Waals surface area contributed by atoms with E-state index in [-0.39, 0.29) is 0 Å². The lowest BCUT2D eigenvalue weighted by Gasteiger charge is -2.11. The quantitative estimate of drug-likeness (QED) is 0.626. The van der Waals surface area contributed by atoms with Crippen molar-refractivity contribution in [2.24, 2.45) is 0 Å². The Morgan fingerprint density at radius 2 is 1.74 bits per heavy atom. The molecule has 2 aromatic rings. The van der Waals surface area contributed by atoms with E-state index < -0.39 is 11.9 Å². The Morgan fingerprint density at radius 1 is 1.09 bits per heavy atom. The maximum Gasteiger partial charge on any atom is 0.340 e. The topological polar surface area (TPSA) is 65.5 Å². The minimum absolute atomic E-state index is 0.303. The third kappa shape index (κ3) is 3.74. The zero-order valence-electron chi connectivity index (χ0n) is 13.5. The van der Waals surface area contributed by atoms with Crippen molar-refractivity contribution in [3.8, 4) is 0 Å². The predicted molar refractivity (Wildman–Crippen MR) is 88.1 cm³/mol. The highest BCUT2D eigenvalue weighted by Gasteiger charge is 2.17. The first-order chi connectivity index (χ1) is 11.1. The number of hydrogen-bond acceptors (Lipinski definition) is 5. The fourth-order valence-electron chi connectivity index (χ4n) is 2.34. The molecule has 23 heavy (non-hydrogen) atoms. The number of carbonyl (C=O) groups is 2. The second kappa shape index (κ2) is 7.54. The van der Waals surface area contributed by atoms with Crippen LogP contribution in [0.5, 0.6) is 0 Å². The lowest BCUT2D eigenvalue weighted by atomic mass is 10.0. The summed E-state index contributed by atoms with van der Waals surface area (Å²) in [5.74, 6) is -0.819. The van der Waals surface area contributed by atoms with E-state index >= 15 is 0 Å². The second-order valence-corrected chi connectivity index (χ2v) is 4.81. The molecule has 5 heteroatoms. The van der Waals surface area contributed by atoms with Gasteiger partial charge in [-0.05, 0) is 26.8 Å². The van der Waals surface area contributed by atoms with Crippen molar-refractivity contribution in [3.63, 3.8) is 0 Å². The van der Waals surface area contributed by atoms with Gasteiger partial charge in [-0.2, -0.15) is 0 Å². The zero-order chi connectivity index (χ0) is 16.8. The minimum atomic E-state index is -0.425. The highest BCUT2D eigenvalue weighted by atomic mass is 16.5. The van der Waals surface area contributed by atoms with Gasteiger partial charge >= 0.3 is 11.9 Å². The number of esters is 2. The lowest BCUT2D eigenvalue weighted by molar-refractivity contribution is -0.137. The van der Waals surface area contributed by atoms with Crippen molar-refractivity contribution in [3.05, 3.63) is 47.3 Å². The molecule has 0 saturated carbocycles. The maximum absolute atomic E-state index is 12.2. The fourth-order valence-corrected chi connectivity index (χ4v) is 2.34. The molecular weight excluding hydrogens is 294 g/mol. The van der Waals surface area contributed by atoms with E-state index in [0.29, 0.717) is 30.2 Å². The van der Waals surface area contributed by atoms with Crippen LogP contribution in [0, 0.1) is 6.92 Å². The molecule has 1 heterocycles. The standard InChI is InChI=1S/C18H19NO4/c1-4-22-16(20)11-10-15-13-8-6-7-9-14(13)17(12(3)19-15)18(21)23-5-2/h6-11H,4-5H2,1-3H3/b11-10+. The molecule has 0 bridgehead atoms. The van der Waals surface area contributed by atoms with E-state index in [0.717, 1.165) is 10.8 Å². The molecule has 0 aliphatic carbocycles. The van der Waals surface area contributed by atoms with Crippen LogP contribution in [-0.2, 0) is 14.3 Å². The van der Waals surface area contributed by atoms with Crippen LogP contribution in [0.15, 0.2) is 30.3 Å². The van der Waals surface area contributed by atoms with Crippen molar-refractivity contribution in [2.75, 3.05) is 13.2 Å². The molecule has 0 atom stereocenters. The number of pyridine rings is 1. The molecule has 1 aromatic carbocycles. The Balaban J connectivity index is 2.55. The van der Waals surface area contributed by atoms with E-state index in [4.69, 9.17) is 9.47 Å². The second-order valence-electron chi connectivity index (χ2n) is 4.81. The summed E-state index contributed by atoms with van der Waals surface area (Å²) >= 11 is 0. The molecule has 0 N–H and O–H groups in total. The van der Waals surface area contributed by atoms with Crippen molar-refractivity contribution >= 4 is 28.8 Å². The van der Waals surface area contributed by atoms with E-state index in [2.05, 4.69) is 4.98 Å². The van der Waals surface area contributed by atoms with Crippen LogP contribution < -0.4 is 0 Å². The van der Waals surface area contributed by atoms with Gasteiger partial charge in [-0.1, -0.05) is 24.3 Å². The molecule has 5 nitrogen and oxygen atoms in total. The number of fused-ring (bicyclic) bond motifs is 1. The summed E-state index contributed by atoms with van der Waals surface area (Å²) in [6.07, 6.45) is 2.93. The number of aromatic nitrogens is 1. The predicted octanol–water partition coefficient (Wildman–Crippen LogP) is 3.30. The van der Waals surface area contributed by atoms with Crippen LogP contribution >= 0.6 is 0 Å². The van der Waals surface area contributed by atoms with Gasteiger partial charge in [0.15, 0.2) is 0 Å². The molecule has 0 unspecified atom stereocenters. The van der Waals surface area contributed by atoms with Crippen molar-refractivity contribution < 1.29 is 19.1 Å². The number of nitrogens with zero attached hydrogens (tertiary/aromatic N) is 1.